The number of halogens is 1. The first-order valence-electron chi connectivity index (χ1n) is 7.74. The molecule has 1 aliphatic heterocycles. The Kier molecular flexibility index (Phi) is 4.66. The van der Waals surface area contributed by atoms with Gasteiger partial charge >= 0.3 is 0 Å². The fourth-order valence-corrected chi connectivity index (χ4v) is 2.91. The molecule has 1 saturated heterocycles. The summed E-state index contributed by atoms with van der Waals surface area (Å²) in [4.78, 5) is 18.0. The highest BCUT2D eigenvalue weighted by Crippen LogP contribution is 2.22. The van der Waals surface area contributed by atoms with Crippen molar-refractivity contribution in [3.63, 3.8) is 0 Å². The maximum Gasteiger partial charge on any atom is 0.228 e. The van der Waals surface area contributed by atoms with E-state index in [4.69, 9.17) is 5.73 Å². The molecule has 1 aromatic carbocycles. The first kappa shape index (κ1) is 16.3. The van der Waals surface area contributed by atoms with Crippen molar-refractivity contribution in [1.82, 2.24) is 15.0 Å². The summed E-state index contributed by atoms with van der Waals surface area (Å²) in [5, 5.41) is 0.906. The molecule has 6 nitrogen and oxygen atoms in total. The summed E-state index contributed by atoms with van der Waals surface area (Å²) in [6, 6.07) is 13.8. The molecule has 1 aliphatic rings. The number of nitrogen functional groups attached to an aromatic ring is 1. The van der Waals surface area contributed by atoms with Crippen molar-refractivity contribution in [2.24, 2.45) is 0 Å². The second kappa shape index (κ2) is 6.88. The molecular formula is C17H19ClN6. The van der Waals surface area contributed by atoms with E-state index in [2.05, 4.69) is 24.8 Å². The predicted molar refractivity (Wildman–Crippen MR) is 99.9 cm³/mol. The van der Waals surface area contributed by atoms with Crippen LogP contribution in [0.4, 0.5) is 17.6 Å². The molecule has 0 bridgehead atoms. The van der Waals surface area contributed by atoms with Crippen molar-refractivity contribution < 1.29 is 0 Å². The molecule has 7 heteroatoms. The number of nitrogens with two attached hydrogens (primary N) is 1. The molecule has 0 atom stereocenters. The Morgan fingerprint density at radius 2 is 1.54 bits per heavy atom. The SMILES string of the molecule is Cl.Nc1nc(N2CCN(c3ccccn3)CC2)nc2ccccc12. The molecule has 3 heterocycles. The Morgan fingerprint density at radius 1 is 0.833 bits per heavy atom. The topological polar surface area (TPSA) is 71.2 Å². The molecule has 0 saturated carbocycles. The van der Waals surface area contributed by atoms with Crippen molar-refractivity contribution in [3.8, 4) is 0 Å². The zero-order chi connectivity index (χ0) is 15.6. The minimum Gasteiger partial charge on any atom is -0.383 e. The van der Waals surface area contributed by atoms with E-state index in [0.29, 0.717) is 11.8 Å². The van der Waals surface area contributed by atoms with E-state index in [-0.39, 0.29) is 12.4 Å². The second-order valence-electron chi connectivity index (χ2n) is 5.59. The van der Waals surface area contributed by atoms with Crippen molar-refractivity contribution in [3.05, 3.63) is 48.7 Å². The van der Waals surface area contributed by atoms with Crippen LogP contribution in [0.5, 0.6) is 0 Å². The quantitative estimate of drug-likeness (QED) is 0.771. The first-order chi connectivity index (χ1) is 11.3. The van der Waals surface area contributed by atoms with Crippen LogP contribution in [0.25, 0.3) is 10.9 Å². The zero-order valence-corrected chi connectivity index (χ0v) is 14.0. The number of benzene rings is 1. The van der Waals surface area contributed by atoms with Crippen LogP contribution in [0.2, 0.25) is 0 Å². The largest absolute Gasteiger partial charge is 0.383 e. The molecule has 1 fully saturated rings. The number of piperazine rings is 1. The number of rotatable bonds is 2. The highest BCUT2D eigenvalue weighted by molar-refractivity contribution is 5.88. The Morgan fingerprint density at radius 3 is 2.29 bits per heavy atom. The Labute approximate surface area is 146 Å². The summed E-state index contributed by atoms with van der Waals surface area (Å²) in [6.07, 6.45) is 1.83. The number of para-hydroxylation sites is 1. The van der Waals surface area contributed by atoms with Crippen LogP contribution in [-0.4, -0.2) is 41.1 Å². The Bertz CT molecular complexity index is 818. The highest BCUT2D eigenvalue weighted by Gasteiger charge is 2.20. The number of anilines is 3. The molecule has 124 valence electrons. The van der Waals surface area contributed by atoms with Crippen LogP contribution in [-0.2, 0) is 0 Å². The van der Waals surface area contributed by atoms with Crippen molar-refractivity contribution in [2.45, 2.75) is 0 Å². The number of fused-ring (bicyclic) bond motifs is 1. The van der Waals surface area contributed by atoms with E-state index in [1.54, 1.807) is 0 Å². The summed E-state index contributed by atoms with van der Waals surface area (Å²) in [7, 11) is 0. The Hall–Kier alpha value is -2.60. The molecule has 2 N–H and O–H groups in total. The summed E-state index contributed by atoms with van der Waals surface area (Å²) in [5.74, 6) is 2.27. The van der Waals surface area contributed by atoms with Gasteiger partial charge in [-0.1, -0.05) is 18.2 Å². The van der Waals surface area contributed by atoms with Crippen molar-refractivity contribution in [2.75, 3.05) is 41.7 Å². The number of hydrogen-bond donors (Lipinski definition) is 1. The summed E-state index contributed by atoms with van der Waals surface area (Å²) < 4.78 is 0. The van der Waals surface area contributed by atoms with Gasteiger partial charge in [0.15, 0.2) is 0 Å². The Balaban J connectivity index is 0.00000169. The van der Waals surface area contributed by atoms with Crippen molar-refractivity contribution >= 4 is 40.9 Å². The van der Waals surface area contributed by atoms with E-state index in [9.17, 15) is 0 Å². The molecule has 24 heavy (non-hydrogen) atoms. The lowest BCUT2D eigenvalue weighted by Gasteiger charge is -2.35. The van der Waals surface area contributed by atoms with E-state index in [1.807, 2.05) is 48.7 Å². The van der Waals surface area contributed by atoms with Gasteiger partial charge in [0.05, 0.1) is 5.52 Å². The molecule has 0 aliphatic carbocycles. The van der Waals surface area contributed by atoms with Gasteiger partial charge in [0, 0.05) is 37.8 Å². The monoisotopic (exact) mass is 342 g/mol. The first-order valence-corrected chi connectivity index (χ1v) is 7.74. The standard InChI is InChI=1S/C17H18N6.ClH/c18-16-13-5-1-2-6-14(13)20-17(21-16)23-11-9-22(10-12-23)15-7-3-4-8-19-15;/h1-8H,9-12H2,(H2,18,20,21);1H. The lowest BCUT2D eigenvalue weighted by Crippen LogP contribution is -2.47. The van der Waals surface area contributed by atoms with Gasteiger partial charge in [0.2, 0.25) is 5.95 Å². The normalized spacial score (nSPS) is 14.5. The maximum absolute atomic E-state index is 6.08. The highest BCUT2D eigenvalue weighted by atomic mass is 35.5. The van der Waals surface area contributed by atoms with Crippen LogP contribution < -0.4 is 15.5 Å². The minimum absolute atomic E-state index is 0. The maximum atomic E-state index is 6.08. The van der Waals surface area contributed by atoms with Gasteiger partial charge in [0.25, 0.3) is 0 Å². The molecular weight excluding hydrogens is 324 g/mol. The van der Waals surface area contributed by atoms with Gasteiger partial charge in [-0.2, -0.15) is 4.98 Å². The van der Waals surface area contributed by atoms with Crippen LogP contribution in [0, 0.1) is 0 Å². The molecule has 0 spiro atoms. The number of nitrogens with zero attached hydrogens (tertiary/aromatic N) is 5. The third-order valence-corrected chi connectivity index (χ3v) is 4.16. The smallest absolute Gasteiger partial charge is 0.228 e. The van der Waals surface area contributed by atoms with E-state index < -0.39 is 0 Å². The van der Waals surface area contributed by atoms with Gasteiger partial charge < -0.3 is 15.5 Å². The third-order valence-electron chi connectivity index (χ3n) is 4.16. The van der Waals surface area contributed by atoms with Crippen LogP contribution >= 0.6 is 12.4 Å². The number of hydrogen-bond acceptors (Lipinski definition) is 6. The van der Waals surface area contributed by atoms with E-state index >= 15 is 0 Å². The third kappa shape index (κ3) is 3.05. The molecule has 0 amide bonds. The lowest BCUT2D eigenvalue weighted by molar-refractivity contribution is 0.636. The molecule has 4 rings (SSSR count). The number of aromatic nitrogens is 3. The summed E-state index contributed by atoms with van der Waals surface area (Å²) >= 11 is 0. The average Bonchev–Trinajstić information content (AvgIpc) is 2.63. The van der Waals surface area contributed by atoms with Gasteiger partial charge in [-0.15, -0.1) is 12.4 Å². The van der Waals surface area contributed by atoms with Crippen LogP contribution in [0.1, 0.15) is 0 Å². The summed E-state index contributed by atoms with van der Waals surface area (Å²) in [5.41, 5.74) is 6.97. The van der Waals surface area contributed by atoms with Crippen LogP contribution in [0.3, 0.4) is 0 Å². The molecule has 0 unspecified atom stereocenters. The van der Waals surface area contributed by atoms with Gasteiger partial charge in [0.1, 0.15) is 11.6 Å². The van der Waals surface area contributed by atoms with E-state index in [1.165, 1.54) is 0 Å². The molecule has 2 aromatic heterocycles. The summed E-state index contributed by atoms with van der Waals surface area (Å²) in [6.45, 7) is 3.50. The molecule has 0 radical (unpaired) electrons. The van der Waals surface area contributed by atoms with Gasteiger partial charge in [-0.05, 0) is 24.3 Å². The van der Waals surface area contributed by atoms with Crippen LogP contribution in [0.15, 0.2) is 48.7 Å². The fourth-order valence-electron chi connectivity index (χ4n) is 2.91. The average molecular weight is 343 g/mol. The number of pyridine rings is 1. The van der Waals surface area contributed by atoms with Gasteiger partial charge in [-0.25, -0.2) is 9.97 Å². The minimum atomic E-state index is 0. The molecule has 3 aromatic rings. The van der Waals surface area contributed by atoms with Crippen molar-refractivity contribution in [1.29, 1.82) is 0 Å². The lowest BCUT2D eigenvalue weighted by atomic mass is 10.2. The second-order valence-corrected chi connectivity index (χ2v) is 5.59. The van der Waals surface area contributed by atoms with Gasteiger partial charge in [-0.3, -0.25) is 0 Å². The van der Waals surface area contributed by atoms with E-state index in [0.717, 1.165) is 42.9 Å². The fraction of sp³-hybridized carbons (Fsp3) is 0.235. The predicted octanol–water partition coefficient (Wildman–Crippen LogP) is 2.36. The zero-order valence-electron chi connectivity index (χ0n) is 13.2.